The fraction of sp³-hybridized carbons (Fsp3) is 0.429. The van der Waals surface area contributed by atoms with Gasteiger partial charge in [0.15, 0.2) is 0 Å². The maximum absolute atomic E-state index is 14.1. The standard InChI is InChI=1S/C14H18FN3O2S/c1-2-20-14(19)18-7-5-17(6-8-18)12-4-3-10(13(16)21)9-11(12)15/h3-4,9H,2,5-8H2,1H3,(H2,16,21). The van der Waals surface area contributed by atoms with Crippen LogP contribution in [0.4, 0.5) is 14.9 Å². The van der Waals surface area contributed by atoms with Crippen LogP contribution in [0.5, 0.6) is 0 Å². The molecule has 1 aromatic carbocycles. The van der Waals surface area contributed by atoms with E-state index in [0.717, 1.165) is 0 Å². The number of hydrogen-bond donors (Lipinski definition) is 1. The van der Waals surface area contributed by atoms with Gasteiger partial charge in [-0.05, 0) is 25.1 Å². The number of ether oxygens (including phenoxy) is 1. The van der Waals surface area contributed by atoms with E-state index in [-0.39, 0.29) is 16.9 Å². The van der Waals surface area contributed by atoms with Gasteiger partial charge < -0.3 is 20.3 Å². The number of nitrogens with two attached hydrogens (primary N) is 1. The molecule has 2 N–H and O–H groups in total. The highest BCUT2D eigenvalue weighted by Gasteiger charge is 2.23. The molecule has 5 nitrogen and oxygen atoms in total. The number of hydrogen-bond acceptors (Lipinski definition) is 4. The number of halogens is 1. The molecule has 1 heterocycles. The molecule has 1 aromatic rings. The predicted octanol–water partition coefficient (Wildman–Crippen LogP) is 1.74. The van der Waals surface area contributed by atoms with Gasteiger partial charge >= 0.3 is 6.09 Å². The maximum atomic E-state index is 14.1. The van der Waals surface area contributed by atoms with Crippen molar-refractivity contribution in [2.24, 2.45) is 5.73 Å². The first-order valence-corrected chi connectivity index (χ1v) is 7.19. The highest BCUT2D eigenvalue weighted by atomic mass is 32.1. The van der Waals surface area contributed by atoms with Crippen LogP contribution in [-0.2, 0) is 4.74 Å². The molecule has 1 fully saturated rings. The Balaban J connectivity index is 2.02. The van der Waals surface area contributed by atoms with Crippen molar-refractivity contribution in [3.63, 3.8) is 0 Å². The zero-order valence-corrected chi connectivity index (χ0v) is 12.7. The minimum Gasteiger partial charge on any atom is -0.450 e. The van der Waals surface area contributed by atoms with E-state index in [2.05, 4.69) is 0 Å². The van der Waals surface area contributed by atoms with Gasteiger partial charge in [0.1, 0.15) is 10.8 Å². The molecule has 0 radical (unpaired) electrons. The third-order valence-electron chi connectivity index (χ3n) is 3.38. The van der Waals surface area contributed by atoms with E-state index in [1.165, 1.54) is 6.07 Å². The minimum absolute atomic E-state index is 0.174. The van der Waals surface area contributed by atoms with Gasteiger partial charge in [-0.3, -0.25) is 0 Å². The average molecular weight is 311 g/mol. The number of piperazine rings is 1. The summed E-state index contributed by atoms with van der Waals surface area (Å²) in [6, 6.07) is 4.72. The van der Waals surface area contributed by atoms with E-state index in [1.54, 1.807) is 24.0 Å². The molecule has 1 aliphatic rings. The van der Waals surface area contributed by atoms with Crippen LogP contribution in [0.2, 0.25) is 0 Å². The van der Waals surface area contributed by atoms with Crippen molar-refractivity contribution in [3.8, 4) is 0 Å². The second kappa shape index (κ2) is 6.71. The maximum Gasteiger partial charge on any atom is 0.409 e. The molecular formula is C14H18FN3O2S. The number of carbonyl (C=O) groups excluding carboxylic acids is 1. The van der Waals surface area contributed by atoms with E-state index >= 15 is 0 Å². The summed E-state index contributed by atoms with van der Waals surface area (Å²) in [6.45, 7) is 4.26. The summed E-state index contributed by atoms with van der Waals surface area (Å²) in [4.78, 5) is 15.3. The Labute approximate surface area is 128 Å². The average Bonchev–Trinajstić information content (AvgIpc) is 2.47. The first-order chi connectivity index (χ1) is 10.0. The van der Waals surface area contributed by atoms with Crippen LogP contribution in [0.3, 0.4) is 0 Å². The Morgan fingerprint density at radius 1 is 1.38 bits per heavy atom. The van der Waals surface area contributed by atoms with Crippen molar-refractivity contribution in [2.45, 2.75) is 6.92 Å². The van der Waals surface area contributed by atoms with Crippen LogP contribution in [0.15, 0.2) is 18.2 Å². The van der Waals surface area contributed by atoms with Gasteiger partial charge in [0.05, 0.1) is 12.3 Å². The van der Waals surface area contributed by atoms with E-state index < -0.39 is 0 Å². The monoisotopic (exact) mass is 311 g/mol. The second-order valence-corrected chi connectivity index (χ2v) is 5.14. The Bertz CT molecular complexity index is 545. The topological polar surface area (TPSA) is 58.8 Å². The summed E-state index contributed by atoms with van der Waals surface area (Å²) >= 11 is 4.83. The lowest BCUT2D eigenvalue weighted by Crippen LogP contribution is -2.49. The van der Waals surface area contributed by atoms with Crippen LogP contribution in [0, 0.1) is 5.82 Å². The summed E-state index contributed by atoms with van der Waals surface area (Å²) in [5.74, 6) is -0.357. The minimum atomic E-state index is -0.357. The molecule has 1 aliphatic heterocycles. The lowest BCUT2D eigenvalue weighted by atomic mass is 10.1. The molecule has 1 saturated heterocycles. The van der Waals surface area contributed by atoms with Gasteiger partial charge in [0.25, 0.3) is 0 Å². The molecule has 0 unspecified atom stereocenters. The van der Waals surface area contributed by atoms with Crippen molar-refractivity contribution in [3.05, 3.63) is 29.6 Å². The first-order valence-electron chi connectivity index (χ1n) is 6.79. The number of benzene rings is 1. The molecule has 0 bridgehead atoms. The van der Waals surface area contributed by atoms with Crippen LogP contribution >= 0.6 is 12.2 Å². The summed E-state index contributed by atoms with van der Waals surface area (Å²) in [6.07, 6.45) is -0.318. The largest absolute Gasteiger partial charge is 0.450 e. The number of carbonyl (C=O) groups is 1. The lowest BCUT2D eigenvalue weighted by molar-refractivity contribution is 0.105. The highest BCUT2D eigenvalue weighted by Crippen LogP contribution is 2.22. The van der Waals surface area contributed by atoms with E-state index in [0.29, 0.717) is 44.0 Å². The molecule has 0 atom stereocenters. The molecule has 0 saturated carbocycles. The summed E-state index contributed by atoms with van der Waals surface area (Å²) in [5.41, 5.74) is 6.49. The van der Waals surface area contributed by atoms with E-state index in [9.17, 15) is 9.18 Å². The molecule has 0 aliphatic carbocycles. The molecule has 1 amide bonds. The van der Waals surface area contributed by atoms with Crippen molar-refractivity contribution >= 4 is 29.0 Å². The molecule has 114 valence electrons. The molecule has 7 heteroatoms. The number of thiocarbonyl (C=S) groups is 1. The number of amides is 1. The zero-order chi connectivity index (χ0) is 15.4. The molecule has 0 spiro atoms. The van der Waals surface area contributed by atoms with Gasteiger partial charge in [-0.15, -0.1) is 0 Å². The Morgan fingerprint density at radius 3 is 2.57 bits per heavy atom. The molecular weight excluding hydrogens is 293 g/mol. The van der Waals surface area contributed by atoms with Gasteiger partial charge in [0.2, 0.25) is 0 Å². The Kier molecular flexibility index (Phi) is 4.95. The zero-order valence-electron chi connectivity index (χ0n) is 11.8. The lowest BCUT2D eigenvalue weighted by Gasteiger charge is -2.35. The highest BCUT2D eigenvalue weighted by molar-refractivity contribution is 7.80. The summed E-state index contributed by atoms with van der Waals surface area (Å²) in [5, 5.41) is 0. The van der Waals surface area contributed by atoms with Crippen LogP contribution in [0.1, 0.15) is 12.5 Å². The number of anilines is 1. The third-order valence-corrected chi connectivity index (χ3v) is 3.61. The van der Waals surface area contributed by atoms with Crippen molar-refractivity contribution in [1.82, 2.24) is 4.90 Å². The summed E-state index contributed by atoms with van der Waals surface area (Å²) in [7, 11) is 0. The predicted molar refractivity (Wildman–Crippen MR) is 83.1 cm³/mol. The van der Waals surface area contributed by atoms with Gasteiger partial charge in [-0.2, -0.15) is 0 Å². The second-order valence-electron chi connectivity index (χ2n) is 4.70. The molecule has 0 aromatic heterocycles. The van der Waals surface area contributed by atoms with Crippen molar-refractivity contribution in [2.75, 3.05) is 37.7 Å². The summed E-state index contributed by atoms with van der Waals surface area (Å²) < 4.78 is 19.1. The number of nitrogens with zero attached hydrogens (tertiary/aromatic N) is 2. The normalized spacial score (nSPS) is 15.0. The van der Waals surface area contributed by atoms with Crippen LogP contribution in [-0.4, -0.2) is 48.8 Å². The van der Waals surface area contributed by atoms with E-state index in [1.807, 2.05) is 4.90 Å². The van der Waals surface area contributed by atoms with Crippen LogP contribution in [0.25, 0.3) is 0 Å². The van der Waals surface area contributed by atoms with Gasteiger partial charge in [0, 0.05) is 31.7 Å². The fourth-order valence-corrected chi connectivity index (χ4v) is 2.39. The Hall–Kier alpha value is -1.89. The molecule has 2 rings (SSSR count). The smallest absolute Gasteiger partial charge is 0.409 e. The quantitative estimate of drug-likeness (QED) is 0.862. The fourth-order valence-electron chi connectivity index (χ4n) is 2.26. The van der Waals surface area contributed by atoms with Gasteiger partial charge in [-0.25, -0.2) is 9.18 Å². The number of rotatable bonds is 3. The third kappa shape index (κ3) is 3.60. The first kappa shape index (κ1) is 15.5. The van der Waals surface area contributed by atoms with Crippen molar-refractivity contribution in [1.29, 1.82) is 0 Å². The molecule has 21 heavy (non-hydrogen) atoms. The van der Waals surface area contributed by atoms with Crippen molar-refractivity contribution < 1.29 is 13.9 Å². The van der Waals surface area contributed by atoms with E-state index in [4.69, 9.17) is 22.7 Å². The van der Waals surface area contributed by atoms with Crippen LogP contribution < -0.4 is 10.6 Å². The Morgan fingerprint density at radius 2 is 2.05 bits per heavy atom. The SMILES string of the molecule is CCOC(=O)N1CCN(c2ccc(C(N)=S)cc2F)CC1. The van der Waals surface area contributed by atoms with Gasteiger partial charge in [-0.1, -0.05) is 12.2 Å².